The molecule has 0 unspecified atom stereocenters. The standard InChI is InChI=1S/C13H19N3O3/c1-8(2)19-7-3-4-9-10(12(14)17)5-6-16-11(9)13(15)18/h5-6,8H,3-4,7H2,1-2H3,(H2,14,17)(H2,15,18). The first-order chi connectivity index (χ1) is 8.93. The predicted molar refractivity (Wildman–Crippen MR) is 70.7 cm³/mol. The molecule has 19 heavy (non-hydrogen) atoms. The summed E-state index contributed by atoms with van der Waals surface area (Å²) >= 11 is 0. The van der Waals surface area contributed by atoms with Gasteiger partial charge in [-0.15, -0.1) is 0 Å². The highest BCUT2D eigenvalue weighted by atomic mass is 16.5. The minimum absolute atomic E-state index is 0.0980. The molecule has 1 aromatic rings. The topological polar surface area (TPSA) is 108 Å². The normalized spacial score (nSPS) is 10.7. The summed E-state index contributed by atoms with van der Waals surface area (Å²) in [5, 5.41) is 0. The molecule has 1 aromatic heterocycles. The van der Waals surface area contributed by atoms with Crippen molar-refractivity contribution < 1.29 is 14.3 Å². The van der Waals surface area contributed by atoms with Gasteiger partial charge in [-0.25, -0.2) is 0 Å². The minimum Gasteiger partial charge on any atom is -0.379 e. The average Bonchev–Trinajstić information content (AvgIpc) is 2.33. The lowest BCUT2D eigenvalue weighted by Gasteiger charge is -2.11. The fourth-order valence-electron chi connectivity index (χ4n) is 1.76. The van der Waals surface area contributed by atoms with Gasteiger partial charge in [0.25, 0.3) is 5.91 Å². The zero-order chi connectivity index (χ0) is 14.4. The number of aromatic nitrogens is 1. The van der Waals surface area contributed by atoms with Crippen LogP contribution in [0, 0.1) is 0 Å². The van der Waals surface area contributed by atoms with Crippen molar-refractivity contribution in [3.05, 3.63) is 29.1 Å². The van der Waals surface area contributed by atoms with Crippen LogP contribution in [0.1, 0.15) is 46.7 Å². The van der Waals surface area contributed by atoms with Crippen LogP contribution in [0.2, 0.25) is 0 Å². The lowest BCUT2D eigenvalue weighted by atomic mass is 10.0. The summed E-state index contributed by atoms with van der Waals surface area (Å²) < 4.78 is 5.41. The van der Waals surface area contributed by atoms with Gasteiger partial charge in [-0.1, -0.05) is 0 Å². The van der Waals surface area contributed by atoms with Crippen LogP contribution < -0.4 is 11.5 Å². The highest BCUT2D eigenvalue weighted by Gasteiger charge is 2.16. The Morgan fingerprint density at radius 3 is 2.53 bits per heavy atom. The maximum absolute atomic E-state index is 11.3. The Morgan fingerprint density at radius 1 is 1.32 bits per heavy atom. The van der Waals surface area contributed by atoms with Crippen LogP contribution in [0.25, 0.3) is 0 Å². The Balaban J connectivity index is 2.89. The van der Waals surface area contributed by atoms with E-state index < -0.39 is 11.8 Å². The van der Waals surface area contributed by atoms with Crippen molar-refractivity contribution in [3.63, 3.8) is 0 Å². The molecule has 0 atom stereocenters. The van der Waals surface area contributed by atoms with Crippen molar-refractivity contribution in [3.8, 4) is 0 Å². The van der Waals surface area contributed by atoms with E-state index in [4.69, 9.17) is 16.2 Å². The molecule has 0 aliphatic carbocycles. The number of nitrogens with two attached hydrogens (primary N) is 2. The first-order valence-corrected chi connectivity index (χ1v) is 6.12. The molecule has 1 rings (SSSR count). The van der Waals surface area contributed by atoms with E-state index in [1.54, 1.807) is 0 Å². The van der Waals surface area contributed by atoms with Gasteiger partial charge in [-0.05, 0) is 38.3 Å². The third kappa shape index (κ3) is 4.33. The molecule has 0 saturated heterocycles. The van der Waals surface area contributed by atoms with Crippen LogP contribution in [0.15, 0.2) is 12.3 Å². The highest BCUT2D eigenvalue weighted by Crippen LogP contribution is 2.14. The molecule has 0 aliphatic rings. The summed E-state index contributed by atoms with van der Waals surface area (Å²) in [7, 11) is 0. The van der Waals surface area contributed by atoms with Gasteiger partial charge in [0, 0.05) is 18.4 Å². The maximum atomic E-state index is 11.3. The second kappa shape index (κ2) is 6.84. The van der Waals surface area contributed by atoms with E-state index in [0.29, 0.717) is 25.0 Å². The first-order valence-electron chi connectivity index (χ1n) is 6.12. The molecular weight excluding hydrogens is 246 g/mol. The van der Waals surface area contributed by atoms with E-state index in [1.807, 2.05) is 13.8 Å². The van der Waals surface area contributed by atoms with Gasteiger partial charge in [0.15, 0.2) is 0 Å². The number of ether oxygens (including phenoxy) is 1. The largest absolute Gasteiger partial charge is 0.379 e. The molecule has 0 radical (unpaired) electrons. The molecular formula is C13H19N3O3. The Bertz CT molecular complexity index is 440. The van der Waals surface area contributed by atoms with E-state index in [-0.39, 0.29) is 17.4 Å². The molecule has 0 aromatic carbocycles. The van der Waals surface area contributed by atoms with Crippen LogP contribution in [0.5, 0.6) is 0 Å². The van der Waals surface area contributed by atoms with E-state index in [2.05, 4.69) is 4.98 Å². The molecule has 0 fully saturated rings. The van der Waals surface area contributed by atoms with Crippen molar-refractivity contribution >= 4 is 11.8 Å². The van der Waals surface area contributed by atoms with Crippen molar-refractivity contribution in [2.24, 2.45) is 11.5 Å². The molecule has 0 saturated carbocycles. The number of amides is 2. The van der Waals surface area contributed by atoms with Gasteiger partial charge in [0.1, 0.15) is 5.69 Å². The van der Waals surface area contributed by atoms with Crippen LogP contribution in [0.3, 0.4) is 0 Å². The molecule has 0 aliphatic heterocycles. The van der Waals surface area contributed by atoms with Crippen molar-refractivity contribution in [2.75, 3.05) is 6.61 Å². The van der Waals surface area contributed by atoms with E-state index in [1.165, 1.54) is 12.3 Å². The average molecular weight is 265 g/mol. The zero-order valence-electron chi connectivity index (χ0n) is 11.2. The van der Waals surface area contributed by atoms with Gasteiger partial charge in [-0.2, -0.15) is 0 Å². The van der Waals surface area contributed by atoms with Crippen molar-refractivity contribution in [1.29, 1.82) is 0 Å². The minimum atomic E-state index is -0.664. The molecule has 0 bridgehead atoms. The number of hydrogen-bond acceptors (Lipinski definition) is 4. The Labute approximate surface area is 112 Å². The van der Waals surface area contributed by atoms with Crippen LogP contribution in [-0.2, 0) is 11.2 Å². The fourth-order valence-corrected chi connectivity index (χ4v) is 1.76. The summed E-state index contributed by atoms with van der Waals surface area (Å²) in [6.07, 6.45) is 2.62. The summed E-state index contributed by atoms with van der Waals surface area (Å²) in [5.41, 5.74) is 11.4. The number of carbonyl (C=O) groups is 2. The smallest absolute Gasteiger partial charge is 0.267 e. The monoisotopic (exact) mass is 265 g/mol. The van der Waals surface area contributed by atoms with E-state index >= 15 is 0 Å². The van der Waals surface area contributed by atoms with Gasteiger partial charge >= 0.3 is 0 Å². The first kappa shape index (κ1) is 15.1. The third-order valence-corrected chi connectivity index (χ3v) is 2.58. The molecule has 4 N–H and O–H groups in total. The summed E-state index contributed by atoms with van der Waals surface area (Å²) in [6.45, 7) is 4.41. The maximum Gasteiger partial charge on any atom is 0.267 e. The SMILES string of the molecule is CC(C)OCCCc1c(C(N)=O)ccnc1C(N)=O. The Morgan fingerprint density at radius 2 is 2.00 bits per heavy atom. The lowest BCUT2D eigenvalue weighted by molar-refractivity contribution is 0.0769. The fraction of sp³-hybridized carbons (Fsp3) is 0.462. The van der Waals surface area contributed by atoms with E-state index in [9.17, 15) is 9.59 Å². The second-order valence-electron chi connectivity index (χ2n) is 4.44. The number of pyridine rings is 1. The van der Waals surface area contributed by atoms with Crippen LogP contribution in [-0.4, -0.2) is 29.5 Å². The predicted octanol–water partition coefficient (Wildman–Crippen LogP) is 0.637. The molecule has 104 valence electrons. The second-order valence-corrected chi connectivity index (χ2v) is 4.44. The highest BCUT2D eigenvalue weighted by molar-refractivity contribution is 5.99. The number of primary amides is 2. The van der Waals surface area contributed by atoms with Crippen molar-refractivity contribution in [2.45, 2.75) is 32.8 Å². The number of carbonyl (C=O) groups excluding carboxylic acids is 2. The summed E-state index contributed by atoms with van der Waals surface area (Å²) in [6, 6.07) is 1.49. The van der Waals surface area contributed by atoms with Crippen molar-refractivity contribution in [1.82, 2.24) is 4.98 Å². The summed E-state index contributed by atoms with van der Waals surface area (Å²) in [5.74, 6) is -1.26. The Hall–Kier alpha value is -1.95. The number of rotatable bonds is 7. The summed E-state index contributed by atoms with van der Waals surface area (Å²) in [4.78, 5) is 26.6. The molecule has 2 amide bonds. The van der Waals surface area contributed by atoms with Crippen LogP contribution in [0.4, 0.5) is 0 Å². The van der Waals surface area contributed by atoms with Crippen LogP contribution >= 0.6 is 0 Å². The number of hydrogen-bond donors (Lipinski definition) is 2. The van der Waals surface area contributed by atoms with Gasteiger partial charge < -0.3 is 16.2 Å². The third-order valence-electron chi connectivity index (χ3n) is 2.58. The lowest BCUT2D eigenvalue weighted by Crippen LogP contribution is -2.21. The molecule has 6 nitrogen and oxygen atoms in total. The van der Waals surface area contributed by atoms with Gasteiger partial charge in [-0.3, -0.25) is 14.6 Å². The van der Waals surface area contributed by atoms with Gasteiger partial charge in [0.2, 0.25) is 5.91 Å². The number of nitrogens with zero attached hydrogens (tertiary/aromatic N) is 1. The molecule has 6 heteroatoms. The van der Waals surface area contributed by atoms with Gasteiger partial charge in [0.05, 0.1) is 6.10 Å². The molecule has 1 heterocycles. The Kier molecular flexibility index (Phi) is 5.44. The zero-order valence-corrected chi connectivity index (χ0v) is 11.2. The quantitative estimate of drug-likeness (QED) is 0.705. The molecule has 0 spiro atoms. The van der Waals surface area contributed by atoms with E-state index in [0.717, 1.165) is 0 Å².